The third-order valence-electron chi connectivity index (χ3n) is 5.83. The predicted octanol–water partition coefficient (Wildman–Crippen LogP) is 4.52. The number of nitrogens with zero attached hydrogens (tertiary/aromatic N) is 2. The van der Waals surface area contributed by atoms with Gasteiger partial charge in [0, 0.05) is 36.6 Å². The Morgan fingerprint density at radius 1 is 1.13 bits per heavy atom. The van der Waals surface area contributed by atoms with Crippen LogP contribution in [-0.4, -0.2) is 33.6 Å². The topological polar surface area (TPSA) is 54.3 Å². The van der Waals surface area contributed by atoms with E-state index in [0.717, 1.165) is 33.5 Å². The van der Waals surface area contributed by atoms with Crippen molar-refractivity contribution in [1.29, 1.82) is 0 Å². The first-order valence-corrected chi connectivity index (χ1v) is 11.8. The van der Waals surface area contributed by atoms with Gasteiger partial charge in [0.2, 0.25) is 11.8 Å². The molecule has 31 heavy (non-hydrogen) atoms. The predicted molar refractivity (Wildman–Crippen MR) is 126 cm³/mol. The molecule has 5 nitrogen and oxygen atoms in total. The minimum Gasteiger partial charge on any atom is -0.350 e. The van der Waals surface area contributed by atoms with Crippen LogP contribution in [0.4, 0.5) is 0 Å². The van der Waals surface area contributed by atoms with Gasteiger partial charge in [-0.25, -0.2) is 0 Å². The second kappa shape index (κ2) is 9.18. The fourth-order valence-electron chi connectivity index (χ4n) is 4.16. The van der Waals surface area contributed by atoms with Crippen LogP contribution in [0.25, 0.3) is 10.9 Å². The average Bonchev–Trinajstić information content (AvgIpc) is 2.95. The molecule has 1 aliphatic heterocycles. The largest absolute Gasteiger partial charge is 0.350 e. The number of thioether (sulfide) groups is 1. The van der Waals surface area contributed by atoms with E-state index in [1.807, 2.05) is 49.5 Å². The highest BCUT2D eigenvalue weighted by molar-refractivity contribution is 8.00. The number of fused-ring (bicyclic) bond motifs is 3. The van der Waals surface area contributed by atoms with Crippen molar-refractivity contribution in [2.75, 3.05) is 12.3 Å². The molecule has 1 unspecified atom stereocenters. The molecule has 162 valence electrons. The van der Waals surface area contributed by atoms with Gasteiger partial charge in [0.25, 0.3) is 0 Å². The molecule has 0 aliphatic carbocycles. The molecule has 2 amide bonds. The second-order valence-corrected chi connectivity index (χ2v) is 9.42. The number of para-hydroxylation sites is 1. The number of hydrogen-bond acceptors (Lipinski definition) is 3. The van der Waals surface area contributed by atoms with Gasteiger partial charge in [-0.1, -0.05) is 74.1 Å². The van der Waals surface area contributed by atoms with E-state index >= 15 is 0 Å². The van der Waals surface area contributed by atoms with Crippen molar-refractivity contribution < 1.29 is 9.59 Å². The van der Waals surface area contributed by atoms with E-state index in [4.69, 9.17) is 0 Å². The smallest absolute Gasteiger partial charge is 0.247 e. The molecular formula is C25H29N3O2S. The van der Waals surface area contributed by atoms with Gasteiger partial charge in [-0.3, -0.25) is 9.59 Å². The van der Waals surface area contributed by atoms with Gasteiger partial charge in [-0.05, 0) is 24.0 Å². The van der Waals surface area contributed by atoms with Gasteiger partial charge in [0.05, 0.1) is 10.8 Å². The van der Waals surface area contributed by atoms with E-state index in [1.54, 1.807) is 4.90 Å². The minimum absolute atomic E-state index is 0.0193. The van der Waals surface area contributed by atoms with Crippen molar-refractivity contribution in [3.63, 3.8) is 0 Å². The average molecular weight is 436 g/mol. The molecule has 0 saturated carbocycles. The highest BCUT2D eigenvalue weighted by Crippen LogP contribution is 2.41. The van der Waals surface area contributed by atoms with E-state index in [1.165, 1.54) is 11.8 Å². The SMILES string of the molecule is CC(C)CCN1C(=O)CSc2c(c3ccccc3n2C)C1C(=O)NCc1ccccc1. The Morgan fingerprint density at radius 3 is 2.58 bits per heavy atom. The quantitative estimate of drug-likeness (QED) is 0.620. The van der Waals surface area contributed by atoms with Crippen LogP contribution in [0.2, 0.25) is 0 Å². The van der Waals surface area contributed by atoms with Gasteiger partial charge in [0.15, 0.2) is 0 Å². The van der Waals surface area contributed by atoms with Crippen LogP contribution >= 0.6 is 11.8 Å². The Labute approximate surface area is 187 Å². The van der Waals surface area contributed by atoms with E-state index in [9.17, 15) is 9.59 Å². The van der Waals surface area contributed by atoms with E-state index in [0.29, 0.717) is 24.8 Å². The molecule has 0 bridgehead atoms. The number of rotatable bonds is 6. The Hall–Kier alpha value is -2.73. The Kier molecular flexibility index (Phi) is 6.37. The molecule has 1 aromatic heterocycles. The van der Waals surface area contributed by atoms with Crippen LogP contribution in [0.3, 0.4) is 0 Å². The lowest BCUT2D eigenvalue weighted by Gasteiger charge is -2.30. The molecule has 2 aromatic carbocycles. The maximum Gasteiger partial charge on any atom is 0.247 e. The normalized spacial score (nSPS) is 16.5. The van der Waals surface area contributed by atoms with Gasteiger partial charge >= 0.3 is 0 Å². The van der Waals surface area contributed by atoms with E-state index in [-0.39, 0.29) is 11.8 Å². The van der Waals surface area contributed by atoms with Crippen LogP contribution in [0, 0.1) is 5.92 Å². The second-order valence-electron chi connectivity index (χ2n) is 8.46. The summed E-state index contributed by atoms with van der Waals surface area (Å²) in [7, 11) is 2.02. The number of carbonyl (C=O) groups is 2. The number of aryl methyl sites for hydroxylation is 1. The molecule has 1 aliphatic rings. The maximum atomic E-state index is 13.6. The zero-order chi connectivity index (χ0) is 22.0. The lowest BCUT2D eigenvalue weighted by Crippen LogP contribution is -2.44. The molecule has 4 rings (SSSR count). The highest BCUT2D eigenvalue weighted by Gasteiger charge is 2.38. The molecule has 0 fully saturated rings. The monoisotopic (exact) mass is 435 g/mol. The van der Waals surface area contributed by atoms with E-state index < -0.39 is 6.04 Å². The number of nitrogens with one attached hydrogen (secondary N) is 1. The van der Waals surface area contributed by atoms with Gasteiger partial charge in [0.1, 0.15) is 6.04 Å². The molecule has 3 aromatic rings. The molecule has 0 radical (unpaired) electrons. The molecular weight excluding hydrogens is 406 g/mol. The van der Waals surface area contributed by atoms with Crippen molar-refractivity contribution in [3.05, 3.63) is 65.7 Å². The van der Waals surface area contributed by atoms with Crippen LogP contribution < -0.4 is 5.32 Å². The molecule has 0 spiro atoms. The molecule has 2 heterocycles. The van der Waals surface area contributed by atoms with Gasteiger partial charge in [-0.2, -0.15) is 0 Å². The number of benzene rings is 2. The first-order valence-electron chi connectivity index (χ1n) is 10.8. The first kappa shape index (κ1) is 21.5. The Morgan fingerprint density at radius 2 is 1.84 bits per heavy atom. The van der Waals surface area contributed by atoms with Gasteiger partial charge in [-0.15, -0.1) is 0 Å². The lowest BCUT2D eigenvalue weighted by atomic mass is 10.0. The molecule has 0 saturated heterocycles. The van der Waals surface area contributed by atoms with Crippen molar-refractivity contribution in [2.24, 2.45) is 13.0 Å². The fourth-order valence-corrected chi connectivity index (χ4v) is 5.25. The number of amides is 2. The first-order chi connectivity index (χ1) is 15.0. The lowest BCUT2D eigenvalue weighted by molar-refractivity contribution is -0.139. The fraction of sp³-hybridized carbons (Fsp3) is 0.360. The van der Waals surface area contributed by atoms with Crippen molar-refractivity contribution >= 4 is 34.5 Å². The summed E-state index contributed by atoms with van der Waals surface area (Å²) in [6.07, 6.45) is 0.860. The zero-order valence-electron chi connectivity index (χ0n) is 18.3. The molecule has 1 atom stereocenters. The van der Waals surface area contributed by atoms with Crippen molar-refractivity contribution in [3.8, 4) is 0 Å². The van der Waals surface area contributed by atoms with Crippen molar-refractivity contribution in [1.82, 2.24) is 14.8 Å². The summed E-state index contributed by atoms with van der Waals surface area (Å²) >= 11 is 1.54. The summed E-state index contributed by atoms with van der Waals surface area (Å²) in [6.45, 7) is 5.30. The summed E-state index contributed by atoms with van der Waals surface area (Å²) in [5.41, 5.74) is 3.07. The van der Waals surface area contributed by atoms with Crippen LogP contribution in [0.1, 0.15) is 37.4 Å². The summed E-state index contributed by atoms with van der Waals surface area (Å²) in [5.74, 6) is 0.688. The third-order valence-corrected chi connectivity index (χ3v) is 6.99. The summed E-state index contributed by atoms with van der Waals surface area (Å²) in [6, 6.07) is 17.4. The Balaban J connectivity index is 1.76. The minimum atomic E-state index is -0.633. The van der Waals surface area contributed by atoms with Crippen LogP contribution in [0.15, 0.2) is 59.6 Å². The molecule has 6 heteroatoms. The maximum absolute atomic E-state index is 13.6. The van der Waals surface area contributed by atoms with Crippen LogP contribution in [-0.2, 0) is 23.2 Å². The van der Waals surface area contributed by atoms with Crippen LogP contribution in [0.5, 0.6) is 0 Å². The standard InChI is InChI=1S/C25H29N3O2S/c1-17(2)13-14-28-21(29)16-31-25-22(19-11-7-8-12-20(19)27(25)3)23(28)24(30)26-15-18-9-5-4-6-10-18/h4-12,17,23H,13-16H2,1-3H3,(H,26,30). The third kappa shape index (κ3) is 4.35. The molecule has 1 N–H and O–H groups in total. The number of aromatic nitrogens is 1. The number of hydrogen-bond donors (Lipinski definition) is 1. The summed E-state index contributed by atoms with van der Waals surface area (Å²) in [4.78, 5) is 28.6. The zero-order valence-corrected chi connectivity index (χ0v) is 19.1. The number of carbonyl (C=O) groups excluding carboxylic acids is 2. The van der Waals surface area contributed by atoms with Gasteiger partial charge < -0.3 is 14.8 Å². The van der Waals surface area contributed by atoms with E-state index in [2.05, 4.69) is 35.9 Å². The summed E-state index contributed by atoms with van der Waals surface area (Å²) < 4.78 is 2.12. The van der Waals surface area contributed by atoms with Crippen molar-refractivity contribution in [2.45, 2.75) is 37.9 Å². The highest BCUT2D eigenvalue weighted by atomic mass is 32.2. The summed E-state index contributed by atoms with van der Waals surface area (Å²) in [5, 5.41) is 5.14. The Bertz CT molecular complexity index is 1090.